The highest BCUT2D eigenvalue weighted by Gasteiger charge is 2.20. The Labute approximate surface area is 95.1 Å². The van der Waals surface area contributed by atoms with Crippen molar-refractivity contribution in [2.24, 2.45) is 5.73 Å². The largest absolute Gasteiger partial charge is 0.328 e. The van der Waals surface area contributed by atoms with Gasteiger partial charge in [0.2, 0.25) is 0 Å². The molecule has 0 amide bonds. The van der Waals surface area contributed by atoms with E-state index >= 15 is 0 Å². The Balaban J connectivity index is 1.82. The van der Waals surface area contributed by atoms with E-state index in [0.29, 0.717) is 18.1 Å². The topological polar surface area (TPSA) is 50.9 Å². The fourth-order valence-corrected chi connectivity index (χ4v) is 2.80. The SMILES string of the molecule is CC(NC1CCC(N)CC1)c1cncs1. The molecule has 0 bridgehead atoms. The molecule has 2 rings (SSSR count). The minimum Gasteiger partial charge on any atom is -0.328 e. The summed E-state index contributed by atoms with van der Waals surface area (Å²) in [4.78, 5) is 5.43. The van der Waals surface area contributed by atoms with Crippen molar-refractivity contribution in [2.45, 2.75) is 50.7 Å². The zero-order valence-corrected chi connectivity index (χ0v) is 9.96. The monoisotopic (exact) mass is 225 g/mol. The van der Waals surface area contributed by atoms with Gasteiger partial charge in [0, 0.05) is 29.2 Å². The molecule has 3 nitrogen and oxygen atoms in total. The van der Waals surface area contributed by atoms with Crippen LogP contribution in [0.25, 0.3) is 0 Å². The Morgan fingerprint density at radius 3 is 2.80 bits per heavy atom. The first-order valence-electron chi connectivity index (χ1n) is 5.65. The number of hydrogen-bond donors (Lipinski definition) is 2. The molecule has 0 aromatic carbocycles. The lowest BCUT2D eigenvalue weighted by Crippen LogP contribution is -2.38. The van der Waals surface area contributed by atoms with Gasteiger partial charge in [-0.3, -0.25) is 4.98 Å². The molecule has 1 aliphatic rings. The van der Waals surface area contributed by atoms with Crippen LogP contribution in [0, 0.1) is 0 Å². The average molecular weight is 225 g/mol. The molecule has 4 heteroatoms. The second kappa shape index (κ2) is 5.05. The van der Waals surface area contributed by atoms with Crippen LogP contribution in [-0.2, 0) is 0 Å². The molecule has 3 N–H and O–H groups in total. The highest BCUT2D eigenvalue weighted by atomic mass is 32.1. The van der Waals surface area contributed by atoms with Crippen molar-refractivity contribution in [1.29, 1.82) is 0 Å². The highest BCUT2D eigenvalue weighted by molar-refractivity contribution is 7.09. The Hall–Kier alpha value is -0.450. The predicted molar refractivity (Wildman–Crippen MR) is 63.9 cm³/mol. The highest BCUT2D eigenvalue weighted by Crippen LogP contribution is 2.22. The van der Waals surface area contributed by atoms with Crippen molar-refractivity contribution in [1.82, 2.24) is 10.3 Å². The fourth-order valence-electron chi connectivity index (χ4n) is 2.16. The van der Waals surface area contributed by atoms with Crippen molar-refractivity contribution in [3.8, 4) is 0 Å². The normalized spacial score (nSPS) is 28.9. The summed E-state index contributed by atoms with van der Waals surface area (Å²) < 4.78 is 0. The molecule has 0 radical (unpaired) electrons. The van der Waals surface area contributed by atoms with E-state index in [1.165, 1.54) is 17.7 Å². The first-order valence-corrected chi connectivity index (χ1v) is 6.53. The molecule has 0 spiro atoms. The first kappa shape index (κ1) is 11.0. The zero-order valence-electron chi connectivity index (χ0n) is 9.15. The van der Waals surface area contributed by atoms with Gasteiger partial charge in [-0.05, 0) is 32.6 Å². The zero-order chi connectivity index (χ0) is 10.7. The van der Waals surface area contributed by atoms with E-state index in [9.17, 15) is 0 Å². The second-order valence-electron chi connectivity index (χ2n) is 4.40. The number of thiazole rings is 1. The van der Waals surface area contributed by atoms with Gasteiger partial charge in [0.05, 0.1) is 5.51 Å². The molecule has 15 heavy (non-hydrogen) atoms. The van der Waals surface area contributed by atoms with E-state index in [1.807, 2.05) is 11.7 Å². The molecule has 1 aliphatic carbocycles. The van der Waals surface area contributed by atoms with Gasteiger partial charge in [0.25, 0.3) is 0 Å². The molecule has 1 fully saturated rings. The van der Waals surface area contributed by atoms with E-state index in [-0.39, 0.29) is 0 Å². The first-order chi connectivity index (χ1) is 7.25. The number of hydrogen-bond acceptors (Lipinski definition) is 4. The van der Waals surface area contributed by atoms with E-state index < -0.39 is 0 Å². The summed E-state index contributed by atoms with van der Waals surface area (Å²) in [5.41, 5.74) is 7.78. The van der Waals surface area contributed by atoms with E-state index in [1.54, 1.807) is 11.3 Å². The molecule has 1 atom stereocenters. The smallest absolute Gasteiger partial charge is 0.0794 e. The molecule has 1 heterocycles. The van der Waals surface area contributed by atoms with Crippen LogP contribution in [0.2, 0.25) is 0 Å². The number of rotatable bonds is 3. The molecule has 1 aromatic heterocycles. The van der Waals surface area contributed by atoms with Crippen LogP contribution >= 0.6 is 11.3 Å². The summed E-state index contributed by atoms with van der Waals surface area (Å²) in [6, 6.07) is 1.50. The van der Waals surface area contributed by atoms with Gasteiger partial charge in [0.15, 0.2) is 0 Å². The number of nitrogens with one attached hydrogen (secondary N) is 1. The van der Waals surface area contributed by atoms with Crippen LogP contribution in [0.15, 0.2) is 11.7 Å². The standard InChI is InChI=1S/C11H19N3S/c1-8(11-6-13-7-15-11)14-10-4-2-9(12)3-5-10/h6-10,14H,2-5,12H2,1H3. The van der Waals surface area contributed by atoms with Crippen LogP contribution in [0.4, 0.5) is 0 Å². The molecular weight excluding hydrogens is 206 g/mol. The average Bonchev–Trinajstić information content (AvgIpc) is 2.74. The maximum Gasteiger partial charge on any atom is 0.0794 e. The van der Waals surface area contributed by atoms with Gasteiger partial charge in [-0.2, -0.15) is 0 Å². The summed E-state index contributed by atoms with van der Waals surface area (Å²) in [5, 5.41) is 3.66. The number of nitrogens with two attached hydrogens (primary N) is 1. The van der Waals surface area contributed by atoms with Crippen LogP contribution in [-0.4, -0.2) is 17.1 Å². The molecule has 84 valence electrons. The van der Waals surface area contributed by atoms with Crippen LogP contribution in [0.5, 0.6) is 0 Å². The Morgan fingerprint density at radius 1 is 1.47 bits per heavy atom. The van der Waals surface area contributed by atoms with Crippen LogP contribution in [0.3, 0.4) is 0 Å². The van der Waals surface area contributed by atoms with Crippen molar-refractivity contribution in [3.63, 3.8) is 0 Å². The molecule has 0 saturated heterocycles. The lowest BCUT2D eigenvalue weighted by Gasteiger charge is -2.29. The van der Waals surface area contributed by atoms with Gasteiger partial charge in [0.1, 0.15) is 0 Å². The van der Waals surface area contributed by atoms with Gasteiger partial charge < -0.3 is 11.1 Å². The Kier molecular flexibility index (Phi) is 3.72. The second-order valence-corrected chi connectivity index (χ2v) is 5.32. The third-order valence-corrected chi connectivity index (χ3v) is 4.09. The maximum absolute atomic E-state index is 5.89. The summed E-state index contributed by atoms with van der Waals surface area (Å²) in [5.74, 6) is 0. The fraction of sp³-hybridized carbons (Fsp3) is 0.727. The van der Waals surface area contributed by atoms with Crippen molar-refractivity contribution in [2.75, 3.05) is 0 Å². The molecular formula is C11H19N3S. The van der Waals surface area contributed by atoms with Gasteiger partial charge in [-0.25, -0.2) is 0 Å². The summed E-state index contributed by atoms with van der Waals surface area (Å²) in [6.45, 7) is 2.21. The molecule has 0 aliphatic heterocycles. The number of nitrogens with zero attached hydrogens (tertiary/aromatic N) is 1. The summed E-state index contributed by atoms with van der Waals surface area (Å²) in [6.07, 6.45) is 6.70. The van der Waals surface area contributed by atoms with Crippen molar-refractivity contribution < 1.29 is 0 Å². The van der Waals surface area contributed by atoms with Crippen molar-refractivity contribution in [3.05, 3.63) is 16.6 Å². The van der Waals surface area contributed by atoms with Gasteiger partial charge in [-0.15, -0.1) is 11.3 Å². The van der Waals surface area contributed by atoms with Gasteiger partial charge in [-0.1, -0.05) is 0 Å². The van der Waals surface area contributed by atoms with E-state index in [0.717, 1.165) is 12.8 Å². The third kappa shape index (κ3) is 3.00. The Morgan fingerprint density at radius 2 is 2.20 bits per heavy atom. The molecule has 1 unspecified atom stereocenters. The quantitative estimate of drug-likeness (QED) is 0.828. The lowest BCUT2D eigenvalue weighted by atomic mass is 9.91. The predicted octanol–water partition coefficient (Wildman–Crippen LogP) is 2.06. The Bertz CT molecular complexity index is 278. The maximum atomic E-state index is 5.89. The summed E-state index contributed by atoms with van der Waals surface area (Å²) >= 11 is 1.72. The van der Waals surface area contributed by atoms with Crippen LogP contribution in [0.1, 0.15) is 43.5 Å². The molecule has 1 aromatic rings. The van der Waals surface area contributed by atoms with Gasteiger partial charge >= 0.3 is 0 Å². The summed E-state index contributed by atoms with van der Waals surface area (Å²) in [7, 11) is 0. The third-order valence-electron chi connectivity index (χ3n) is 3.14. The lowest BCUT2D eigenvalue weighted by molar-refractivity contribution is 0.323. The minimum absolute atomic E-state index is 0.428. The van der Waals surface area contributed by atoms with Crippen LogP contribution < -0.4 is 11.1 Å². The number of aromatic nitrogens is 1. The van der Waals surface area contributed by atoms with Crippen molar-refractivity contribution >= 4 is 11.3 Å². The van der Waals surface area contributed by atoms with E-state index in [4.69, 9.17) is 5.73 Å². The molecule has 1 saturated carbocycles. The minimum atomic E-state index is 0.428. The van der Waals surface area contributed by atoms with E-state index in [2.05, 4.69) is 17.2 Å².